The lowest BCUT2D eigenvalue weighted by atomic mass is 9.91. The van der Waals surface area contributed by atoms with E-state index < -0.39 is 0 Å². The van der Waals surface area contributed by atoms with Gasteiger partial charge in [0.1, 0.15) is 5.69 Å². The Balaban J connectivity index is 1.65. The van der Waals surface area contributed by atoms with Crippen LogP contribution < -0.4 is 5.32 Å². The van der Waals surface area contributed by atoms with Gasteiger partial charge in [-0.15, -0.1) is 5.10 Å². The highest BCUT2D eigenvalue weighted by atomic mass is 16.5. The van der Waals surface area contributed by atoms with E-state index in [1.807, 2.05) is 43.5 Å². The summed E-state index contributed by atoms with van der Waals surface area (Å²) in [6.07, 6.45) is 1.90. The van der Waals surface area contributed by atoms with Gasteiger partial charge in [0.2, 0.25) is 5.95 Å². The molecule has 35 heavy (non-hydrogen) atoms. The second kappa shape index (κ2) is 10.3. The van der Waals surface area contributed by atoms with Crippen molar-refractivity contribution in [1.29, 1.82) is 0 Å². The van der Waals surface area contributed by atoms with Crippen LogP contribution in [-0.2, 0) is 16.7 Å². The van der Waals surface area contributed by atoms with Crippen LogP contribution in [0.1, 0.15) is 44.6 Å². The number of pyridine rings is 1. The zero-order chi connectivity index (χ0) is 25.0. The summed E-state index contributed by atoms with van der Waals surface area (Å²) in [5.41, 5.74) is 6.36. The van der Waals surface area contributed by atoms with Crippen molar-refractivity contribution in [2.75, 3.05) is 19.0 Å². The predicted octanol–water partition coefficient (Wildman–Crippen LogP) is 4.90. The van der Waals surface area contributed by atoms with Crippen molar-refractivity contribution in [3.63, 3.8) is 0 Å². The standard InChI is InChI=1S/C27H33N7O/c1-18-9-7-10-20(13-18)22-14-23(31-26(30-22)28-19(2)17-35-6)24-16-34(33-32-24)15-21-11-8-12-25(29-21)27(3,4)5/h7-14,16,19H,15,17H2,1-6H3,(H,28,30,31)/t19-/m0/s1. The third kappa shape index (κ3) is 6.27. The first-order valence-electron chi connectivity index (χ1n) is 11.8. The lowest BCUT2D eigenvalue weighted by Crippen LogP contribution is -2.22. The number of anilines is 1. The Morgan fingerprint density at radius 3 is 2.49 bits per heavy atom. The van der Waals surface area contributed by atoms with Gasteiger partial charge in [-0.2, -0.15) is 0 Å². The Kier molecular flexibility index (Phi) is 7.21. The van der Waals surface area contributed by atoms with E-state index in [2.05, 4.69) is 61.5 Å². The fourth-order valence-electron chi connectivity index (χ4n) is 3.75. The van der Waals surface area contributed by atoms with E-state index in [4.69, 9.17) is 19.7 Å². The lowest BCUT2D eigenvalue weighted by molar-refractivity contribution is 0.190. The van der Waals surface area contributed by atoms with Crippen molar-refractivity contribution in [3.05, 3.63) is 71.7 Å². The molecule has 0 aliphatic carbocycles. The van der Waals surface area contributed by atoms with E-state index in [1.54, 1.807) is 11.8 Å². The quantitative estimate of drug-likeness (QED) is 0.391. The first kappa shape index (κ1) is 24.5. The molecule has 0 saturated carbocycles. The molecule has 1 N–H and O–H groups in total. The van der Waals surface area contributed by atoms with Gasteiger partial charge in [-0.05, 0) is 38.1 Å². The molecule has 0 saturated heterocycles. The van der Waals surface area contributed by atoms with Gasteiger partial charge in [-0.1, -0.05) is 55.8 Å². The molecule has 1 atom stereocenters. The van der Waals surface area contributed by atoms with Crippen molar-refractivity contribution in [2.24, 2.45) is 0 Å². The van der Waals surface area contributed by atoms with Gasteiger partial charge >= 0.3 is 0 Å². The van der Waals surface area contributed by atoms with Crippen LogP contribution in [-0.4, -0.2) is 49.7 Å². The smallest absolute Gasteiger partial charge is 0.224 e. The molecule has 182 valence electrons. The molecule has 4 aromatic rings. The Morgan fingerprint density at radius 2 is 1.74 bits per heavy atom. The van der Waals surface area contributed by atoms with Gasteiger partial charge in [-0.3, -0.25) is 4.98 Å². The van der Waals surface area contributed by atoms with E-state index in [-0.39, 0.29) is 11.5 Å². The Hall–Kier alpha value is -3.65. The second-order valence-electron chi connectivity index (χ2n) is 9.90. The van der Waals surface area contributed by atoms with Crippen LogP contribution in [0.4, 0.5) is 5.95 Å². The molecule has 0 spiro atoms. The number of methoxy groups -OCH3 is 1. The SMILES string of the molecule is COC[C@H](C)Nc1nc(-c2cccc(C)c2)cc(-c2cn(Cc3cccc(C(C)(C)C)n3)nn2)n1. The second-order valence-corrected chi connectivity index (χ2v) is 9.90. The van der Waals surface area contributed by atoms with Gasteiger partial charge in [0.05, 0.1) is 36.4 Å². The largest absolute Gasteiger partial charge is 0.383 e. The summed E-state index contributed by atoms with van der Waals surface area (Å²) in [6, 6.07) is 16.4. The maximum atomic E-state index is 5.26. The lowest BCUT2D eigenvalue weighted by Gasteiger charge is -2.18. The van der Waals surface area contributed by atoms with Crippen molar-refractivity contribution in [3.8, 4) is 22.6 Å². The molecule has 3 aromatic heterocycles. The normalized spacial score (nSPS) is 12.5. The number of hydrogen-bond donors (Lipinski definition) is 1. The summed E-state index contributed by atoms with van der Waals surface area (Å²) in [5, 5.41) is 12.1. The first-order valence-corrected chi connectivity index (χ1v) is 11.8. The maximum Gasteiger partial charge on any atom is 0.224 e. The summed E-state index contributed by atoms with van der Waals surface area (Å²) in [4.78, 5) is 14.3. The van der Waals surface area contributed by atoms with E-state index >= 15 is 0 Å². The summed E-state index contributed by atoms with van der Waals surface area (Å²) < 4.78 is 7.05. The number of rotatable bonds is 8. The van der Waals surface area contributed by atoms with Crippen LogP contribution in [0.15, 0.2) is 54.7 Å². The predicted molar refractivity (Wildman–Crippen MR) is 138 cm³/mol. The average Bonchev–Trinajstić information content (AvgIpc) is 3.27. The van der Waals surface area contributed by atoms with E-state index in [1.165, 1.54) is 5.56 Å². The monoisotopic (exact) mass is 471 g/mol. The van der Waals surface area contributed by atoms with Crippen molar-refractivity contribution < 1.29 is 4.74 Å². The number of nitrogens with one attached hydrogen (secondary N) is 1. The van der Waals surface area contributed by atoms with Crippen molar-refractivity contribution in [1.82, 2.24) is 29.9 Å². The highest BCUT2D eigenvalue weighted by molar-refractivity contribution is 5.67. The number of benzene rings is 1. The molecular weight excluding hydrogens is 438 g/mol. The minimum absolute atomic E-state index is 0.0138. The van der Waals surface area contributed by atoms with Crippen LogP contribution in [0.5, 0.6) is 0 Å². The van der Waals surface area contributed by atoms with Crippen molar-refractivity contribution >= 4 is 5.95 Å². The molecule has 8 nitrogen and oxygen atoms in total. The minimum atomic E-state index is -0.0138. The van der Waals surface area contributed by atoms with Gasteiger partial charge in [0.15, 0.2) is 0 Å². The van der Waals surface area contributed by atoms with Crippen LogP contribution in [0, 0.1) is 6.92 Å². The molecule has 1 aromatic carbocycles. The van der Waals surface area contributed by atoms with E-state index in [0.717, 1.165) is 22.6 Å². The van der Waals surface area contributed by atoms with Crippen LogP contribution in [0.3, 0.4) is 0 Å². The highest BCUT2D eigenvalue weighted by Gasteiger charge is 2.17. The Labute approximate surface area is 206 Å². The third-order valence-electron chi connectivity index (χ3n) is 5.53. The topological polar surface area (TPSA) is 90.6 Å². The van der Waals surface area contributed by atoms with Gasteiger partial charge in [-0.25, -0.2) is 14.6 Å². The molecule has 0 amide bonds. The average molecular weight is 472 g/mol. The molecule has 0 bridgehead atoms. The van der Waals surface area contributed by atoms with E-state index in [0.29, 0.717) is 30.5 Å². The number of aryl methyl sites for hydroxylation is 1. The number of nitrogens with zero attached hydrogens (tertiary/aromatic N) is 6. The molecule has 8 heteroatoms. The fourth-order valence-corrected chi connectivity index (χ4v) is 3.75. The van der Waals surface area contributed by atoms with E-state index in [9.17, 15) is 0 Å². The van der Waals surface area contributed by atoms with Gasteiger partial charge in [0, 0.05) is 29.8 Å². The number of aromatic nitrogens is 6. The molecule has 0 unspecified atom stereocenters. The zero-order valence-corrected chi connectivity index (χ0v) is 21.3. The summed E-state index contributed by atoms with van der Waals surface area (Å²) in [6.45, 7) is 11.7. The van der Waals surface area contributed by atoms with Crippen LogP contribution >= 0.6 is 0 Å². The Morgan fingerprint density at radius 1 is 0.971 bits per heavy atom. The fraction of sp³-hybridized carbons (Fsp3) is 0.370. The van der Waals surface area contributed by atoms with Crippen LogP contribution in [0.25, 0.3) is 22.6 Å². The molecule has 3 heterocycles. The number of ether oxygens (including phenoxy) is 1. The molecule has 0 aliphatic heterocycles. The molecule has 0 radical (unpaired) electrons. The molecule has 0 fully saturated rings. The van der Waals surface area contributed by atoms with Crippen LogP contribution in [0.2, 0.25) is 0 Å². The molecular formula is C27H33N7O. The third-order valence-corrected chi connectivity index (χ3v) is 5.53. The van der Waals surface area contributed by atoms with Gasteiger partial charge < -0.3 is 10.1 Å². The molecule has 0 aliphatic rings. The maximum absolute atomic E-state index is 5.26. The number of hydrogen-bond acceptors (Lipinski definition) is 7. The zero-order valence-electron chi connectivity index (χ0n) is 21.3. The summed E-state index contributed by atoms with van der Waals surface area (Å²) >= 11 is 0. The van der Waals surface area contributed by atoms with Crippen molar-refractivity contribution in [2.45, 2.75) is 52.6 Å². The Bertz CT molecular complexity index is 1290. The first-order chi connectivity index (χ1) is 16.7. The minimum Gasteiger partial charge on any atom is -0.383 e. The van der Waals surface area contributed by atoms with Gasteiger partial charge in [0.25, 0.3) is 0 Å². The summed E-state index contributed by atoms with van der Waals surface area (Å²) in [7, 11) is 1.68. The molecule has 4 rings (SSSR count). The summed E-state index contributed by atoms with van der Waals surface area (Å²) in [5.74, 6) is 0.526. The highest BCUT2D eigenvalue weighted by Crippen LogP contribution is 2.25.